The molecule has 0 spiro atoms. The molecule has 1 rings (SSSR count). The summed E-state index contributed by atoms with van der Waals surface area (Å²) < 4.78 is 0. The molecule has 2 nitrogen and oxygen atoms in total. The highest BCUT2D eigenvalue weighted by Gasteiger charge is 2.00. The van der Waals surface area contributed by atoms with Crippen LogP contribution in [0.4, 0.5) is 0 Å². The fourth-order valence-electron chi connectivity index (χ4n) is 1.06. The molecule has 0 radical (unpaired) electrons. The largest absolute Gasteiger partial charge is 0.388 e. The predicted molar refractivity (Wildman–Crippen MR) is 51.2 cm³/mol. The van der Waals surface area contributed by atoms with Gasteiger partial charge in [-0.05, 0) is 26.0 Å². The molecule has 3 heteroatoms. The van der Waals surface area contributed by atoms with Crippen molar-refractivity contribution in [1.29, 1.82) is 0 Å². The molecule has 3 N–H and O–H groups in total. The minimum atomic E-state index is -0.203. The lowest BCUT2D eigenvalue weighted by Crippen LogP contribution is -2.84. The molecule has 1 atom stereocenters. The summed E-state index contributed by atoms with van der Waals surface area (Å²) in [5, 5.41) is 11.1. The Kier molecular flexibility index (Phi) is 3.72. The lowest BCUT2D eigenvalue weighted by molar-refractivity contribution is -0.675. The summed E-state index contributed by atoms with van der Waals surface area (Å²) in [6, 6.07) is 4.29. The van der Waals surface area contributed by atoms with Crippen molar-refractivity contribution in [2.24, 2.45) is 0 Å². The molecule has 12 heavy (non-hydrogen) atoms. The molecule has 0 aliphatic carbocycles. The van der Waals surface area contributed by atoms with E-state index >= 15 is 0 Å². The molecule has 68 valence electrons. The van der Waals surface area contributed by atoms with Crippen molar-refractivity contribution in [2.75, 3.05) is 6.54 Å². The monoisotopic (exact) mass is 186 g/mol. The fourth-order valence-corrected chi connectivity index (χ4v) is 1.95. The maximum Gasteiger partial charge on any atom is 0.111 e. The molecule has 0 aliphatic rings. The number of hydrogen-bond acceptors (Lipinski definition) is 2. The van der Waals surface area contributed by atoms with Gasteiger partial charge in [-0.25, -0.2) is 0 Å². The molecule has 0 bridgehead atoms. The van der Waals surface area contributed by atoms with E-state index in [9.17, 15) is 0 Å². The van der Waals surface area contributed by atoms with Gasteiger partial charge in [-0.2, -0.15) is 0 Å². The number of nitrogens with two attached hydrogens (primary N) is 1. The van der Waals surface area contributed by atoms with Gasteiger partial charge in [0.2, 0.25) is 0 Å². The first-order valence-electron chi connectivity index (χ1n) is 4.23. The third-order valence-electron chi connectivity index (χ3n) is 1.65. The lowest BCUT2D eigenvalue weighted by Gasteiger charge is -2.01. The third-order valence-corrected chi connectivity index (χ3v) is 2.67. The van der Waals surface area contributed by atoms with E-state index < -0.39 is 0 Å². The van der Waals surface area contributed by atoms with Gasteiger partial charge >= 0.3 is 0 Å². The van der Waals surface area contributed by atoms with E-state index in [1.807, 2.05) is 18.3 Å². The van der Waals surface area contributed by atoms with Crippen LogP contribution in [0.15, 0.2) is 12.1 Å². The van der Waals surface area contributed by atoms with E-state index in [4.69, 9.17) is 5.11 Å². The smallest absolute Gasteiger partial charge is 0.111 e. The van der Waals surface area contributed by atoms with E-state index in [0.717, 1.165) is 13.1 Å². The van der Waals surface area contributed by atoms with Crippen LogP contribution >= 0.6 is 11.3 Å². The molecule has 1 aromatic rings. The average Bonchev–Trinajstić information content (AvgIpc) is 2.35. The van der Waals surface area contributed by atoms with Gasteiger partial charge in [-0.3, -0.25) is 0 Å². The van der Waals surface area contributed by atoms with Gasteiger partial charge < -0.3 is 10.4 Å². The van der Waals surface area contributed by atoms with Crippen LogP contribution in [0, 0.1) is 6.92 Å². The highest BCUT2D eigenvalue weighted by Crippen LogP contribution is 2.12. The zero-order chi connectivity index (χ0) is 8.97. The fraction of sp³-hybridized carbons (Fsp3) is 0.556. The molecule has 0 saturated carbocycles. The van der Waals surface area contributed by atoms with Gasteiger partial charge in [0.1, 0.15) is 13.1 Å². The summed E-state index contributed by atoms with van der Waals surface area (Å²) in [4.78, 5) is 2.74. The summed E-state index contributed by atoms with van der Waals surface area (Å²) >= 11 is 1.83. The first kappa shape index (κ1) is 9.71. The number of aliphatic hydroxyl groups excluding tert-OH is 1. The molecule has 0 saturated heterocycles. The Balaban J connectivity index is 2.24. The summed E-state index contributed by atoms with van der Waals surface area (Å²) in [5.74, 6) is 0. The van der Waals surface area contributed by atoms with Crippen LogP contribution in [-0.2, 0) is 6.54 Å². The standard InChI is InChI=1S/C9H15NOS/c1-7(11)5-10-6-9-4-3-8(2)12-9/h3-4,7,10-11H,5-6H2,1-2H3/p+1/t7-/m0/s1. The third kappa shape index (κ3) is 3.34. The average molecular weight is 186 g/mol. The Bertz CT molecular complexity index is 232. The second kappa shape index (κ2) is 4.60. The van der Waals surface area contributed by atoms with E-state index in [2.05, 4.69) is 24.4 Å². The maximum atomic E-state index is 9.01. The van der Waals surface area contributed by atoms with Crippen molar-refractivity contribution in [1.82, 2.24) is 0 Å². The minimum absolute atomic E-state index is 0.203. The van der Waals surface area contributed by atoms with Crippen LogP contribution in [0.25, 0.3) is 0 Å². The highest BCUT2D eigenvalue weighted by molar-refractivity contribution is 7.11. The molecule has 0 aliphatic heterocycles. The number of aryl methyl sites for hydroxylation is 1. The van der Waals surface area contributed by atoms with Crippen LogP contribution in [-0.4, -0.2) is 17.8 Å². The Labute approximate surface area is 77.2 Å². The molecule has 0 aromatic carbocycles. The first-order valence-corrected chi connectivity index (χ1v) is 5.05. The van der Waals surface area contributed by atoms with E-state index in [0.29, 0.717) is 0 Å². The lowest BCUT2D eigenvalue weighted by atomic mass is 10.4. The quantitative estimate of drug-likeness (QED) is 0.706. The SMILES string of the molecule is Cc1ccc(C[NH2+]C[C@H](C)O)s1. The summed E-state index contributed by atoms with van der Waals surface area (Å²) in [6.07, 6.45) is -0.203. The first-order chi connectivity index (χ1) is 5.68. The minimum Gasteiger partial charge on any atom is -0.388 e. The normalized spacial score (nSPS) is 13.2. The van der Waals surface area contributed by atoms with Gasteiger partial charge in [0.25, 0.3) is 0 Å². The molecule has 1 aromatic heterocycles. The molecular weight excluding hydrogens is 170 g/mol. The molecule has 1 heterocycles. The van der Waals surface area contributed by atoms with E-state index in [1.165, 1.54) is 9.75 Å². The van der Waals surface area contributed by atoms with Gasteiger partial charge in [-0.1, -0.05) is 0 Å². The van der Waals surface area contributed by atoms with Crippen LogP contribution in [0.3, 0.4) is 0 Å². The Morgan fingerprint density at radius 2 is 2.33 bits per heavy atom. The van der Waals surface area contributed by atoms with Crippen molar-refractivity contribution in [3.05, 3.63) is 21.9 Å². The van der Waals surface area contributed by atoms with E-state index in [-0.39, 0.29) is 6.10 Å². The van der Waals surface area contributed by atoms with Crippen molar-refractivity contribution >= 4 is 11.3 Å². The van der Waals surface area contributed by atoms with Crippen LogP contribution in [0.5, 0.6) is 0 Å². The summed E-state index contributed by atoms with van der Waals surface area (Å²) in [6.45, 7) is 5.71. The zero-order valence-corrected chi connectivity index (χ0v) is 8.40. The van der Waals surface area contributed by atoms with E-state index in [1.54, 1.807) is 0 Å². The zero-order valence-electron chi connectivity index (χ0n) is 7.58. The summed E-state index contributed by atoms with van der Waals surface area (Å²) in [7, 11) is 0. The molecular formula is C9H16NOS+. The van der Waals surface area contributed by atoms with Crippen molar-refractivity contribution < 1.29 is 10.4 Å². The number of thiophene rings is 1. The van der Waals surface area contributed by atoms with Crippen molar-refractivity contribution in [3.63, 3.8) is 0 Å². The number of quaternary nitrogens is 1. The molecule has 0 unspecified atom stereocenters. The van der Waals surface area contributed by atoms with Crippen molar-refractivity contribution in [3.8, 4) is 0 Å². The topological polar surface area (TPSA) is 36.8 Å². The maximum absolute atomic E-state index is 9.01. The Morgan fingerprint density at radius 3 is 2.83 bits per heavy atom. The van der Waals surface area contributed by atoms with Crippen molar-refractivity contribution in [2.45, 2.75) is 26.5 Å². The molecule has 0 fully saturated rings. The summed E-state index contributed by atoms with van der Waals surface area (Å²) in [5.41, 5.74) is 0. The predicted octanol–water partition coefficient (Wildman–Crippen LogP) is 0.501. The number of rotatable bonds is 4. The van der Waals surface area contributed by atoms with Gasteiger partial charge in [0.15, 0.2) is 0 Å². The number of hydrogen-bond donors (Lipinski definition) is 2. The second-order valence-corrected chi connectivity index (χ2v) is 4.46. The molecule has 0 amide bonds. The van der Waals surface area contributed by atoms with Gasteiger partial charge in [0, 0.05) is 4.88 Å². The van der Waals surface area contributed by atoms with Crippen LogP contribution in [0.1, 0.15) is 16.7 Å². The number of aliphatic hydroxyl groups is 1. The second-order valence-electron chi connectivity index (χ2n) is 3.09. The van der Waals surface area contributed by atoms with Crippen LogP contribution in [0.2, 0.25) is 0 Å². The van der Waals surface area contributed by atoms with Gasteiger partial charge in [0.05, 0.1) is 11.0 Å². The van der Waals surface area contributed by atoms with Crippen LogP contribution < -0.4 is 5.32 Å². The Hall–Kier alpha value is -0.380. The highest BCUT2D eigenvalue weighted by atomic mass is 32.1. The Morgan fingerprint density at radius 1 is 1.58 bits per heavy atom. The van der Waals surface area contributed by atoms with Gasteiger partial charge in [-0.15, -0.1) is 11.3 Å².